The number of ether oxygens (including phenoxy) is 1. The van der Waals surface area contributed by atoms with Gasteiger partial charge in [0.25, 0.3) is 0 Å². The highest BCUT2D eigenvalue weighted by molar-refractivity contribution is 6.33. The van der Waals surface area contributed by atoms with Gasteiger partial charge < -0.3 is 19.6 Å². The summed E-state index contributed by atoms with van der Waals surface area (Å²) in [6, 6.07) is 1.25. The van der Waals surface area contributed by atoms with E-state index in [0.717, 1.165) is 0 Å². The quantitative estimate of drug-likeness (QED) is 0.854. The molecule has 2 unspecified atom stereocenters. The first-order valence-corrected chi connectivity index (χ1v) is 8.45. The molecule has 1 N–H and O–H groups in total. The molecule has 134 valence electrons. The van der Waals surface area contributed by atoms with E-state index in [1.165, 1.54) is 0 Å². The maximum absolute atomic E-state index is 12.3. The Morgan fingerprint density at radius 1 is 1.38 bits per heavy atom. The number of carbonyl (C=O) groups is 1. The van der Waals surface area contributed by atoms with E-state index >= 15 is 0 Å². The van der Waals surface area contributed by atoms with Crippen LogP contribution in [0.15, 0.2) is 6.07 Å². The molecule has 1 fully saturated rings. The fourth-order valence-electron chi connectivity index (χ4n) is 2.56. The predicted molar refractivity (Wildman–Crippen MR) is 92.7 cm³/mol. The largest absolute Gasteiger partial charge is 0.444 e. The summed E-state index contributed by atoms with van der Waals surface area (Å²) in [5.41, 5.74) is 0.0202. The lowest BCUT2D eigenvalue weighted by Gasteiger charge is -2.44. The Morgan fingerprint density at radius 3 is 2.62 bits per heavy atom. The van der Waals surface area contributed by atoms with Crippen LogP contribution in [0.5, 0.6) is 0 Å². The Balaban J connectivity index is 2.20. The fourth-order valence-corrected chi connectivity index (χ4v) is 2.90. The minimum Gasteiger partial charge on any atom is -0.444 e. The Morgan fingerprint density at radius 2 is 2.04 bits per heavy atom. The van der Waals surface area contributed by atoms with Crippen molar-refractivity contribution in [3.63, 3.8) is 0 Å². The second kappa shape index (κ2) is 7.29. The number of aliphatic hydroxyl groups excluding tert-OH is 1. The number of anilines is 1. The average Bonchev–Trinajstić information content (AvgIpc) is 2.47. The molecule has 7 nitrogen and oxygen atoms in total. The zero-order valence-corrected chi connectivity index (χ0v) is 15.7. The van der Waals surface area contributed by atoms with Gasteiger partial charge in [0.2, 0.25) is 0 Å². The molecule has 0 spiro atoms. The Hall–Kier alpha value is -1.31. The first kappa shape index (κ1) is 19.0. The van der Waals surface area contributed by atoms with Gasteiger partial charge in [0.05, 0.1) is 17.8 Å². The first-order chi connectivity index (χ1) is 11.1. The van der Waals surface area contributed by atoms with Crippen LogP contribution in [0.1, 0.15) is 27.7 Å². The van der Waals surface area contributed by atoms with Gasteiger partial charge in [-0.05, 0) is 27.7 Å². The number of hydrogen-bond acceptors (Lipinski definition) is 6. The fraction of sp³-hybridized carbons (Fsp3) is 0.667. The van der Waals surface area contributed by atoms with Crippen molar-refractivity contribution in [2.75, 3.05) is 24.5 Å². The standard InChI is InChI=1S/C15H22Cl2N4O3/c1-9(22)11-8-20(14(23)24-15(2,3)4)5-6-21(11)10-7-12(16)18-19-13(10)17/h7,9,11,22H,5-6,8H2,1-4H3. The van der Waals surface area contributed by atoms with Crippen molar-refractivity contribution in [3.8, 4) is 0 Å². The lowest BCUT2D eigenvalue weighted by molar-refractivity contribution is 0.0163. The normalized spacial score (nSPS) is 20.0. The number of amides is 1. The van der Waals surface area contributed by atoms with Gasteiger partial charge in [-0.25, -0.2) is 4.79 Å². The van der Waals surface area contributed by atoms with Gasteiger partial charge in [0, 0.05) is 25.7 Å². The molecular weight excluding hydrogens is 355 g/mol. The number of carbonyl (C=O) groups excluding carboxylic acids is 1. The zero-order valence-electron chi connectivity index (χ0n) is 14.2. The van der Waals surface area contributed by atoms with Crippen LogP contribution in [0, 0.1) is 0 Å². The number of rotatable bonds is 2. The highest BCUT2D eigenvalue weighted by atomic mass is 35.5. The van der Waals surface area contributed by atoms with Gasteiger partial charge in [-0.1, -0.05) is 23.2 Å². The van der Waals surface area contributed by atoms with Crippen LogP contribution in [0.25, 0.3) is 0 Å². The van der Waals surface area contributed by atoms with E-state index in [1.54, 1.807) is 17.9 Å². The number of nitrogens with zero attached hydrogens (tertiary/aromatic N) is 4. The maximum Gasteiger partial charge on any atom is 0.410 e. The van der Waals surface area contributed by atoms with E-state index in [-0.39, 0.29) is 16.3 Å². The third-order valence-electron chi connectivity index (χ3n) is 3.64. The molecule has 0 saturated carbocycles. The number of aliphatic hydroxyl groups is 1. The second-order valence-corrected chi connectivity index (χ2v) is 7.52. The van der Waals surface area contributed by atoms with Gasteiger partial charge in [-0.3, -0.25) is 0 Å². The van der Waals surface area contributed by atoms with Crippen molar-refractivity contribution < 1.29 is 14.6 Å². The summed E-state index contributed by atoms with van der Waals surface area (Å²) >= 11 is 12.0. The minimum absolute atomic E-state index is 0.204. The second-order valence-electron chi connectivity index (χ2n) is 6.77. The van der Waals surface area contributed by atoms with E-state index in [9.17, 15) is 9.90 Å². The first-order valence-electron chi connectivity index (χ1n) is 7.70. The van der Waals surface area contributed by atoms with Crippen LogP contribution >= 0.6 is 23.2 Å². The molecule has 1 aromatic rings. The van der Waals surface area contributed by atoms with Crippen LogP contribution in [0.3, 0.4) is 0 Å². The van der Waals surface area contributed by atoms with E-state index < -0.39 is 17.8 Å². The summed E-state index contributed by atoms with van der Waals surface area (Å²) in [7, 11) is 0. The van der Waals surface area contributed by atoms with Gasteiger partial charge in [-0.2, -0.15) is 0 Å². The van der Waals surface area contributed by atoms with Crippen LogP contribution in [0.4, 0.5) is 10.5 Å². The van der Waals surface area contributed by atoms with Crippen molar-refractivity contribution in [3.05, 3.63) is 16.4 Å². The molecule has 1 amide bonds. The summed E-state index contributed by atoms with van der Waals surface area (Å²) in [6.07, 6.45) is -1.09. The molecule has 1 saturated heterocycles. The molecule has 24 heavy (non-hydrogen) atoms. The third kappa shape index (κ3) is 4.62. The average molecular weight is 377 g/mol. The Labute approximate surface area is 151 Å². The molecule has 0 bridgehead atoms. The van der Waals surface area contributed by atoms with Crippen LogP contribution in [0.2, 0.25) is 10.3 Å². The topological polar surface area (TPSA) is 78.8 Å². The number of piperazine rings is 1. The molecule has 2 rings (SSSR count). The molecule has 9 heteroatoms. The zero-order chi connectivity index (χ0) is 18.1. The molecule has 2 atom stereocenters. The van der Waals surface area contributed by atoms with Crippen molar-refractivity contribution in [2.45, 2.75) is 45.4 Å². The minimum atomic E-state index is -0.696. The lowest BCUT2D eigenvalue weighted by Crippen LogP contribution is -2.59. The monoisotopic (exact) mass is 376 g/mol. The van der Waals surface area contributed by atoms with E-state index in [0.29, 0.717) is 25.3 Å². The van der Waals surface area contributed by atoms with Gasteiger partial charge in [-0.15, -0.1) is 10.2 Å². The number of hydrogen-bond donors (Lipinski definition) is 1. The van der Waals surface area contributed by atoms with Crippen molar-refractivity contribution in [1.82, 2.24) is 15.1 Å². The van der Waals surface area contributed by atoms with Crippen molar-refractivity contribution in [2.24, 2.45) is 0 Å². The summed E-state index contributed by atoms with van der Waals surface area (Å²) in [4.78, 5) is 15.8. The molecule has 1 aliphatic rings. The van der Waals surface area contributed by atoms with E-state index in [2.05, 4.69) is 10.2 Å². The third-order valence-corrected chi connectivity index (χ3v) is 4.09. The Bertz CT molecular complexity index is 607. The molecule has 1 aliphatic heterocycles. The molecule has 1 aromatic heterocycles. The smallest absolute Gasteiger partial charge is 0.410 e. The molecule has 0 aliphatic carbocycles. The van der Waals surface area contributed by atoms with Crippen LogP contribution < -0.4 is 4.90 Å². The van der Waals surface area contributed by atoms with Gasteiger partial charge >= 0.3 is 6.09 Å². The Kier molecular flexibility index (Phi) is 5.78. The van der Waals surface area contributed by atoms with Crippen molar-refractivity contribution in [1.29, 1.82) is 0 Å². The van der Waals surface area contributed by atoms with E-state index in [4.69, 9.17) is 27.9 Å². The molecular formula is C15H22Cl2N4O3. The molecule has 2 heterocycles. The highest BCUT2D eigenvalue weighted by Crippen LogP contribution is 2.30. The number of aromatic nitrogens is 2. The summed E-state index contributed by atoms with van der Waals surface area (Å²) in [5.74, 6) is 0. The van der Waals surface area contributed by atoms with Crippen LogP contribution in [-0.2, 0) is 4.74 Å². The maximum atomic E-state index is 12.3. The summed E-state index contributed by atoms with van der Waals surface area (Å²) < 4.78 is 5.41. The highest BCUT2D eigenvalue weighted by Gasteiger charge is 2.35. The summed E-state index contributed by atoms with van der Waals surface area (Å²) in [6.45, 7) is 8.33. The van der Waals surface area contributed by atoms with Gasteiger partial charge in [0.15, 0.2) is 10.3 Å². The lowest BCUT2D eigenvalue weighted by atomic mass is 10.1. The molecule has 0 aromatic carbocycles. The summed E-state index contributed by atoms with van der Waals surface area (Å²) in [5, 5.41) is 18.1. The van der Waals surface area contributed by atoms with E-state index in [1.807, 2.05) is 25.7 Å². The predicted octanol–water partition coefficient (Wildman–Crippen LogP) is 2.59. The van der Waals surface area contributed by atoms with Crippen molar-refractivity contribution >= 4 is 35.0 Å². The SMILES string of the molecule is CC(O)C1CN(C(=O)OC(C)(C)C)CCN1c1cc(Cl)nnc1Cl. The van der Waals surface area contributed by atoms with Crippen LogP contribution in [-0.4, -0.2) is 63.7 Å². The number of halogens is 2. The van der Waals surface area contributed by atoms with Gasteiger partial charge in [0.1, 0.15) is 5.60 Å². The molecule has 0 radical (unpaired) electrons.